The van der Waals surface area contributed by atoms with Crippen LogP contribution in [0.25, 0.3) is 11.4 Å². The minimum absolute atomic E-state index is 0.151. The molecule has 0 fully saturated rings. The molecule has 2 heterocycles. The molecule has 1 unspecified atom stereocenters. The summed E-state index contributed by atoms with van der Waals surface area (Å²) in [6, 6.07) is 9.82. The lowest BCUT2D eigenvalue weighted by Crippen LogP contribution is -2.39. The van der Waals surface area contributed by atoms with Crippen molar-refractivity contribution in [3.63, 3.8) is 0 Å². The number of thiophene rings is 1. The van der Waals surface area contributed by atoms with Crippen LogP contribution in [0.4, 0.5) is 0 Å². The van der Waals surface area contributed by atoms with E-state index in [-0.39, 0.29) is 18.4 Å². The van der Waals surface area contributed by atoms with E-state index in [1.165, 1.54) is 11.3 Å². The minimum atomic E-state index is -0.805. The van der Waals surface area contributed by atoms with Crippen molar-refractivity contribution in [1.29, 1.82) is 0 Å². The topological polar surface area (TPSA) is 104 Å². The van der Waals surface area contributed by atoms with Crippen molar-refractivity contribution >= 4 is 23.2 Å². The number of carbonyl (C=O) groups is 2. The first-order valence-electron chi connectivity index (χ1n) is 8.05. The molecule has 0 aliphatic heterocycles. The zero-order valence-corrected chi connectivity index (χ0v) is 15.5. The van der Waals surface area contributed by atoms with Crippen LogP contribution in [-0.4, -0.2) is 35.2 Å². The molecule has 0 aliphatic carbocycles. The molecule has 0 bridgehead atoms. The number of aromatic nitrogens is 2. The minimum Gasteiger partial charge on any atom is -0.497 e. The summed E-state index contributed by atoms with van der Waals surface area (Å²) in [4.78, 5) is 28.7. The molecule has 3 aromatic rings. The summed E-state index contributed by atoms with van der Waals surface area (Å²) >= 11 is 1.29. The second-order valence-corrected chi connectivity index (χ2v) is 6.47. The Morgan fingerprint density at radius 2 is 2.15 bits per heavy atom. The summed E-state index contributed by atoms with van der Waals surface area (Å²) in [7, 11) is 1.57. The van der Waals surface area contributed by atoms with Crippen molar-refractivity contribution in [2.45, 2.75) is 19.6 Å². The number of ether oxygens (including phenoxy) is 2. The molecule has 8 nitrogen and oxygen atoms in total. The first-order chi connectivity index (χ1) is 13.1. The lowest BCUT2D eigenvalue weighted by Gasteiger charge is -2.11. The quantitative estimate of drug-likeness (QED) is 0.622. The van der Waals surface area contributed by atoms with Gasteiger partial charge in [-0.15, -0.1) is 11.3 Å². The van der Waals surface area contributed by atoms with Gasteiger partial charge in [-0.05, 0) is 30.5 Å². The number of nitrogens with one attached hydrogen (secondary N) is 1. The standard InChI is InChI=1S/C18H17N3O5S/c1-11(19-17(22)14-7-4-8-27-14)18(23)25-10-15-20-16(21-26-15)12-5-3-6-13(9-12)24-2/h3-9,11H,10H2,1-2H3,(H,19,22). The molecule has 1 atom stereocenters. The van der Waals surface area contributed by atoms with E-state index >= 15 is 0 Å². The van der Waals surface area contributed by atoms with Crippen molar-refractivity contribution in [3.8, 4) is 17.1 Å². The highest BCUT2D eigenvalue weighted by atomic mass is 32.1. The van der Waals surface area contributed by atoms with Gasteiger partial charge in [-0.3, -0.25) is 4.79 Å². The number of nitrogens with zero attached hydrogens (tertiary/aromatic N) is 2. The fourth-order valence-corrected chi connectivity index (χ4v) is 2.81. The van der Waals surface area contributed by atoms with E-state index in [2.05, 4.69) is 15.5 Å². The molecule has 27 heavy (non-hydrogen) atoms. The molecule has 1 aromatic carbocycles. The van der Waals surface area contributed by atoms with Crippen LogP contribution in [0.15, 0.2) is 46.3 Å². The fourth-order valence-electron chi connectivity index (χ4n) is 2.19. The lowest BCUT2D eigenvalue weighted by molar-refractivity contribution is -0.147. The molecule has 140 valence electrons. The predicted octanol–water partition coefficient (Wildman–Crippen LogP) is 2.67. The van der Waals surface area contributed by atoms with Gasteiger partial charge in [0.05, 0.1) is 12.0 Å². The SMILES string of the molecule is COc1cccc(-c2noc(COC(=O)C(C)NC(=O)c3cccs3)n2)c1. The van der Waals surface area contributed by atoms with Gasteiger partial charge < -0.3 is 19.3 Å². The summed E-state index contributed by atoms with van der Waals surface area (Å²) in [5.74, 6) is 0.256. The van der Waals surface area contributed by atoms with Crippen LogP contribution in [0, 0.1) is 0 Å². The van der Waals surface area contributed by atoms with Crippen molar-refractivity contribution in [3.05, 3.63) is 52.5 Å². The van der Waals surface area contributed by atoms with Gasteiger partial charge >= 0.3 is 5.97 Å². The number of rotatable bonds is 7. The van der Waals surface area contributed by atoms with Crippen LogP contribution in [0.1, 0.15) is 22.5 Å². The lowest BCUT2D eigenvalue weighted by atomic mass is 10.2. The number of hydrogen-bond acceptors (Lipinski definition) is 8. The molecule has 0 radical (unpaired) electrons. The molecule has 0 spiro atoms. The van der Waals surface area contributed by atoms with Crippen LogP contribution in [0.5, 0.6) is 5.75 Å². The van der Waals surface area contributed by atoms with Crippen molar-refractivity contribution in [2.75, 3.05) is 7.11 Å². The Balaban J connectivity index is 1.54. The zero-order chi connectivity index (χ0) is 19.2. The summed E-state index contributed by atoms with van der Waals surface area (Å²) < 4.78 is 15.4. The zero-order valence-electron chi connectivity index (χ0n) is 14.7. The molecule has 0 aliphatic rings. The molecule has 3 rings (SSSR count). The predicted molar refractivity (Wildman–Crippen MR) is 97.3 cm³/mol. The van der Waals surface area contributed by atoms with Gasteiger partial charge in [0.15, 0.2) is 6.61 Å². The molecule has 0 saturated carbocycles. The van der Waals surface area contributed by atoms with Gasteiger partial charge in [0, 0.05) is 5.56 Å². The maximum absolute atomic E-state index is 12.0. The summed E-state index contributed by atoms with van der Waals surface area (Å²) in [5, 5.41) is 8.23. The number of amides is 1. The third-order valence-corrected chi connectivity index (χ3v) is 4.45. The Hall–Kier alpha value is -3.20. The Morgan fingerprint density at radius 3 is 2.89 bits per heavy atom. The third kappa shape index (κ3) is 4.70. The number of carbonyl (C=O) groups excluding carboxylic acids is 2. The van der Waals surface area contributed by atoms with Gasteiger partial charge in [0.25, 0.3) is 11.8 Å². The largest absolute Gasteiger partial charge is 0.497 e. The normalized spacial score (nSPS) is 11.6. The Bertz CT molecular complexity index is 923. The highest BCUT2D eigenvalue weighted by molar-refractivity contribution is 7.12. The van der Waals surface area contributed by atoms with Crippen LogP contribution in [0.2, 0.25) is 0 Å². The van der Waals surface area contributed by atoms with Gasteiger partial charge in [0.1, 0.15) is 11.8 Å². The van der Waals surface area contributed by atoms with E-state index in [1.807, 2.05) is 12.1 Å². The Kier molecular flexibility index (Phi) is 5.82. The molecule has 2 aromatic heterocycles. The van der Waals surface area contributed by atoms with Crippen LogP contribution < -0.4 is 10.1 Å². The first kappa shape index (κ1) is 18.6. The van der Waals surface area contributed by atoms with E-state index in [0.29, 0.717) is 22.0 Å². The molecular weight excluding hydrogens is 370 g/mol. The van der Waals surface area contributed by atoms with Crippen molar-refractivity contribution < 1.29 is 23.6 Å². The molecule has 1 amide bonds. The van der Waals surface area contributed by atoms with Gasteiger partial charge in [-0.2, -0.15) is 4.98 Å². The average Bonchev–Trinajstić information content (AvgIpc) is 3.38. The molecular formula is C18H17N3O5S. The Morgan fingerprint density at radius 1 is 1.30 bits per heavy atom. The van der Waals surface area contributed by atoms with E-state index in [4.69, 9.17) is 14.0 Å². The van der Waals surface area contributed by atoms with Crippen LogP contribution in [-0.2, 0) is 16.1 Å². The number of hydrogen-bond donors (Lipinski definition) is 1. The second kappa shape index (κ2) is 8.45. The van der Waals surface area contributed by atoms with Gasteiger partial charge in [-0.25, -0.2) is 4.79 Å². The summed E-state index contributed by atoms with van der Waals surface area (Å²) in [6.45, 7) is 1.36. The average molecular weight is 387 g/mol. The third-order valence-electron chi connectivity index (χ3n) is 3.58. The highest BCUT2D eigenvalue weighted by Gasteiger charge is 2.20. The second-order valence-electron chi connectivity index (χ2n) is 5.52. The maximum atomic E-state index is 12.0. The number of esters is 1. The van der Waals surface area contributed by atoms with Gasteiger partial charge in [0.2, 0.25) is 5.82 Å². The summed E-state index contributed by atoms with van der Waals surface area (Å²) in [6.07, 6.45) is 0. The highest BCUT2D eigenvalue weighted by Crippen LogP contribution is 2.21. The first-order valence-corrected chi connectivity index (χ1v) is 8.93. The van der Waals surface area contributed by atoms with Crippen molar-refractivity contribution in [1.82, 2.24) is 15.5 Å². The van der Waals surface area contributed by atoms with Crippen molar-refractivity contribution in [2.24, 2.45) is 0 Å². The maximum Gasteiger partial charge on any atom is 0.328 e. The van der Waals surface area contributed by atoms with E-state index in [0.717, 1.165) is 0 Å². The number of methoxy groups -OCH3 is 1. The van der Waals surface area contributed by atoms with E-state index < -0.39 is 12.0 Å². The molecule has 1 N–H and O–H groups in total. The molecule has 9 heteroatoms. The van der Waals surface area contributed by atoms with Crippen LogP contribution in [0.3, 0.4) is 0 Å². The smallest absolute Gasteiger partial charge is 0.328 e. The fraction of sp³-hybridized carbons (Fsp3) is 0.222. The van der Waals surface area contributed by atoms with Gasteiger partial charge in [-0.1, -0.05) is 23.4 Å². The monoisotopic (exact) mass is 387 g/mol. The number of benzene rings is 1. The summed E-state index contributed by atoms with van der Waals surface area (Å²) in [5.41, 5.74) is 0.715. The van der Waals surface area contributed by atoms with Crippen LogP contribution >= 0.6 is 11.3 Å². The molecule has 0 saturated heterocycles. The Labute approximate surface area is 159 Å². The van der Waals surface area contributed by atoms with E-state index in [1.54, 1.807) is 43.7 Å². The van der Waals surface area contributed by atoms with E-state index in [9.17, 15) is 9.59 Å².